The maximum Gasteiger partial charge on any atom is 0.409 e. The number of nitrogens with zero attached hydrogens (tertiary/aromatic N) is 1. The zero-order chi connectivity index (χ0) is 38.9. The smallest absolute Gasteiger partial charge is 0.409 e. The number of alkyl carbamates (subject to hydrolysis) is 1. The van der Waals surface area contributed by atoms with Crippen LogP contribution in [0, 0.1) is 23.7 Å². The average molecular weight is 771 g/mol. The van der Waals surface area contributed by atoms with Crippen molar-refractivity contribution in [3.63, 3.8) is 0 Å². The minimum absolute atomic E-state index is 0.0360. The van der Waals surface area contributed by atoms with Crippen molar-refractivity contribution in [1.82, 2.24) is 10.2 Å². The minimum Gasteiger partial charge on any atom is -0.496 e. The molecule has 0 aromatic heterocycles. The number of Topliss-reactive ketones (excluding diaryl/α,β-unsaturated/α-hetero) is 1. The lowest BCUT2D eigenvalue weighted by Crippen LogP contribution is -2.64. The highest BCUT2D eigenvalue weighted by Crippen LogP contribution is 2.50. The van der Waals surface area contributed by atoms with Gasteiger partial charge in [0.1, 0.15) is 41.5 Å². The van der Waals surface area contributed by atoms with Crippen LogP contribution in [0.2, 0.25) is 0 Å². The second-order valence-electron chi connectivity index (χ2n) is 16.3. The van der Waals surface area contributed by atoms with Gasteiger partial charge in [-0.1, -0.05) is 64.6 Å². The molecule has 0 spiro atoms. The third kappa shape index (κ3) is 9.67. The lowest BCUT2D eigenvalue weighted by molar-refractivity contribution is -0.162. The molecule has 0 radical (unpaired) electrons. The monoisotopic (exact) mass is 770 g/mol. The molecule has 2 aliphatic carbocycles. The van der Waals surface area contributed by atoms with E-state index in [0.29, 0.717) is 23.6 Å². The molecule has 2 amide bonds. The van der Waals surface area contributed by atoms with Crippen LogP contribution in [0.5, 0.6) is 0 Å². The van der Waals surface area contributed by atoms with Crippen LogP contribution in [0.15, 0.2) is 22.4 Å². The van der Waals surface area contributed by atoms with E-state index in [1.165, 1.54) is 19.1 Å². The third-order valence-electron chi connectivity index (χ3n) is 11.5. The number of fused-ring (bicyclic) bond motifs is 5. The molecular formula is C38H59ClN2O10S. The Morgan fingerprint density at radius 3 is 2.44 bits per heavy atom. The summed E-state index contributed by atoms with van der Waals surface area (Å²) in [5.74, 6) is -1.73. The maximum absolute atomic E-state index is 14.2. The van der Waals surface area contributed by atoms with Crippen molar-refractivity contribution in [2.45, 2.75) is 146 Å². The molecule has 1 saturated carbocycles. The van der Waals surface area contributed by atoms with Crippen LogP contribution in [0.25, 0.3) is 0 Å². The molecule has 12 nitrogen and oxygen atoms in total. The van der Waals surface area contributed by atoms with E-state index in [4.69, 9.17) is 35.3 Å². The van der Waals surface area contributed by atoms with Crippen molar-refractivity contribution in [3.8, 4) is 0 Å². The molecule has 2 aliphatic heterocycles. The van der Waals surface area contributed by atoms with Gasteiger partial charge in [-0.05, 0) is 45.1 Å². The molecule has 2 N–H and O–H groups in total. The first-order valence-corrected chi connectivity index (χ1v) is 19.2. The van der Waals surface area contributed by atoms with Crippen molar-refractivity contribution in [2.75, 3.05) is 21.3 Å². The summed E-state index contributed by atoms with van der Waals surface area (Å²) in [5.41, 5.74) is -1.73. The van der Waals surface area contributed by atoms with Gasteiger partial charge >= 0.3 is 12.1 Å². The van der Waals surface area contributed by atoms with Crippen LogP contribution < -0.4 is 5.32 Å². The van der Waals surface area contributed by atoms with Crippen LogP contribution >= 0.6 is 24.2 Å². The van der Waals surface area contributed by atoms with Crippen LogP contribution in [-0.2, 0) is 38.1 Å². The number of esters is 1. The summed E-state index contributed by atoms with van der Waals surface area (Å²) in [5, 5.41) is 14.9. The molecule has 4 aliphatic rings. The molecule has 294 valence electrons. The van der Waals surface area contributed by atoms with Crippen molar-refractivity contribution in [3.05, 3.63) is 22.4 Å². The quantitative estimate of drug-likeness (QED) is 0.167. The van der Waals surface area contributed by atoms with Gasteiger partial charge in [-0.3, -0.25) is 14.9 Å². The number of ether oxygens (including phenoxy) is 5. The zero-order valence-electron chi connectivity index (χ0n) is 32.3. The summed E-state index contributed by atoms with van der Waals surface area (Å²) in [6.45, 7) is 12.8. The van der Waals surface area contributed by atoms with Gasteiger partial charge in [-0.2, -0.15) is 12.6 Å². The molecule has 4 bridgehead atoms. The number of rotatable bonds is 7. The van der Waals surface area contributed by atoms with Gasteiger partial charge in [0.15, 0.2) is 5.72 Å². The van der Waals surface area contributed by atoms with Crippen molar-refractivity contribution >= 4 is 48.0 Å². The van der Waals surface area contributed by atoms with E-state index in [0.717, 1.165) is 24.8 Å². The average Bonchev–Trinajstić information content (AvgIpc) is 3.75. The fraction of sp³-hybridized carbons (Fsp3) is 0.789. The highest BCUT2D eigenvalue weighted by Gasteiger charge is 2.64. The van der Waals surface area contributed by atoms with Crippen LogP contribution in [0.3, 0.4) is 0 Å². The van der Waals surface area contributed by atoms with Crippen LogP contribution in [0.4, 0.5) is 4.79 Å². The largest absolute Gasteiger partial charge is 0.496 e. The number of epoxide rings is 1. The molecule has 3 fully saturated rings. The second kappa shape index (κ2) is 16.6. The SMILES string of the molecule is COC1=C(Cl)C2CC(=C1)CC(C)CCC[C@@H](OC)[C@@]1(O)C[C@H](OC(=O)N1)[C@@H](C)[C@@H]1O[C@@]1(C)[C@@H](OC(=O)[C@H](C)N(C)C(=O)CC(C)(C)S)CC(=O)C2C. The Bertz CT molecular complexity index is 1430. The lowest BCUT2D eigenvalue weighted by Gasteiger charge is -2.43. The Labute approximate surface area is 319 Å². The van der Waals surface area contributed by atoms with Gasteiger partial charge in [0, 0.05) is 55.9 Å². The number of halogens is 1. The van der Waals surface area contributed by atoms with E-state index in [9.17, 15) is 24.3 Å². The summed E-state index contributed by atoms with van der Waals surface area (Å²) in [6.07, 6.45) is 1.40. The summed E-state index contributed by atoms with van der Waals surface area (Å²) in [7, 11) is 4.60. The summed E-state index contributed by atoms with van der Waals surface area (Å²) in [6, 6.07) is -0.966. The molecule has 4 rings (SSSR count). The molecule has 52 heavy (non-hydrogen) atoms. The van der Waals surface area contributed by atoms with Crippen molar-refractivity contribution in [1.29, 1.82) is 0 Å². The van der Waals surface area contributed by atoms with Crippen LogP contribution in [-0.4, -0.2) is 102 Å². The molecule has 11 atom stereocenters. The minimum atomic E-state index is -1.69. The zero-order valence-corrected chi connectivity index (χ0v) is 34.0. The third-order valence-corrected chi connectivity index (χ3v) is 12.2. The second-order valence-corrected chi connectivity index (χ2v) is 17.9. The maximum atomic E-state index is 14.2. The Kier molecular flexibility index (Phi) is 13.5. The van der Waals surface area contributed by atoms with Gasteiger partial charge in [-0.15, -0.1) is 0 Å². The van der Waals surface area contributed by atoms with E-state index in [-0.39, 0.29) is 42.8 Å². The Balaban J connectivity index is 1.69. The predicted molar refractivity (Wildman–Crippen MR) is 199 cm³/mol. The number of amides is 2. The summed E-state index contributed by atoms with van der Waals surface area (Å²) >= 11 is 11.4. The number of methoxy groups -OCH3 is 2. The van der Waals surface area contributed by atoms with Gasteiger partial charge in [0.25, 0.3) is 0 Å². The summed E-state index contributed by atoms with van der Waals surface area (Å²) in [4.78, 5) is 55.2. The molecule has 0 aromatic rings. The number of likely N-dealkylation sites (N-methyl/N-ethyl adjacent to an activating group) is 1. The standard InChI is InChI=1S/C38H59ClN2O10S/c1-20-12-11-13-29(48-10)38(46)18-28(49-35(45)40-38)22(3)33-37(7,51-33)30(50-34(44)23(4)41(8)31(43)19-36(5,6)52)17-26(42)21(2)25-15-24(14-20)16-27(47-9)32(25)39/h16,20-23,25,28-30,33,46,52H,11-15,17-19H2,1-10H3,(H,40,45)/t20?,21?,22-,23+,25?,28+,29-,30+,33+,37+,38+/m1/s1. The van der Waals surface area contributed by atoms with Crippen molar-refractivity contribution in [2.24, 2.45) is 23.7 Å². The molecule has 3 unspecified atom stereocenters. The summed E-state index contributed by atoms with van der Waals surface area (Å²) < 4.78 is 29.0. The normalized spacial score (nSPS) is 36.8. The molecule has 0 aromatic carbocycles. The van der Waals surface area contributed by atoms with E-state index < -0.39 is 70.4 Å². The van der Waals surface area contributed by atoms with Gasteiger partial charge < -0.3 is 33.7 Å². The fourth-order valence-corrected chi connectivity index (χ4v) is 8.48. The Morgan fingerprint density at radius 2 is 1.83 bits per heavy atom. The molecule has 14 heteroatoms. The van der Waals surface area contributed by atoms with E-state index in [1.54, 1.807) is 21.0 Å². The number of carbonyl (C=O) groups is 4. The first kappa shape index (κ1) is 42.4. The topological polar surface area (TPSA) is 153 Å². The van der Waals surface area contributed by atoms with Gasteiger partial charge in [-0.25, -0.2) is 9.59 Å². The first-order valence-electron chi connectivity index (χ1n) is 18.4. The predicted octanol–water partition coefficient (Wildman–Crippen LogP) is 5.69. The van der Waals surface area contributed by atoms with E-state index >= 15 is 0 Å². The molecule has 2 heterocycles. The number of thiol groups is 1. The highest BCUT2D eigenvalue weighted by atomic mass is 35.5. The van der Waals surface area contributed by atoms with Gasteiger partial charge in [0.05, 0.1) is 18.2 Å². The Hall–Kier alpha value is -2.32. The number of aliphatic hydroxyl groups is 1. The molecule has 2 saturated heterocycles. The number of hydrogen-bond acceptors (Lipinski definition) is 11. The number of nitrogens with one attached hydrogen (secondary N) is 1. The van der Waals surface area contributed by atoms with E-state index in [2.05, 4.69) is 24.9 Å². The highest BCUT2D eigenvalue weighted by molar-refractivity contribution is 7.81. The fourth-order valence-electron chi connectivity index (χ4n) is 7.95. The lowest BCUT2D eigenvalue weighted by atomic mass is 9.77. The van der Waals surface area contributed by atoms with Crippen LogP contribution in [0.1, 0.15) is 99.8 Å². The number of carbonyl (C=O) groups excluding carboxylic acids is 4. The van der Waals surface area contributed by atoms with Gasteiger partial charge in [0.2, 0.25) is 5.91 Å². The van der Waals surface area contributed by atoms with Crippen molar-refractivity contribution < 1.29 is 48.0 Å². The Morgan fingerprint density at radius 1 is 1.15 bits per heavy atom. The van der Waals surface area contributed by atoms with E-state index in [1.807, 2.05) is 33.8 Å². The first-order chi connectivity index (χ1) is 24.1. The number of ketones is 1. The number of hydrogen-bond donors (Lipinski definition) is 3. The molecular weight excluding hydrogens is 712 g/mol. The number of allylic oxidation sites excluding steroid dienone is 3.